The Kier molecular flexibility index (Phi) is 4.56. The number of nitrogens with zero attached hydrogens (tertiary/aromatic N) is 1. The average Bonchev–Trinajstić information content (AvgIpc) is 2.24. The quantitative estimate of drug-likeness (QED) is 0.723. The Balaban J connectivity index is 2.75. The zero-order valence-electron chi connectivity index (χ0n) is 9.58. The minimum Gasteiger partial charge on any atom is -0.385 e. The van der Waals surface area contributed by atoms with E-state index in [1.807, 2.05) is 13.8 Å². The molecule has 1 heterocycles. The summed E-state index contributed by atoms with van der Waals surface area (Å²) in [7, 11) is 0. The Morgan fingerprint density at radius 3 is 2.71 bits per heavy atom. The maximum Gasteiger partial charge on any atom is 0.265 e. The molecule has 0 aromatic carbocycles. The molecular weight excluding hydrogens is 232 g/mol. The van der Waals surface area contributed by atoms with E-state index in [0.29, 0.717) is 5.82 Å². The monoisotopic (exact) mass is 247 g/mol. The lowest BCUT2D eigenvalue weighted by atomic mass is 10.2. The second-order valence-electron chi connectivity index (χ2n) is 3.95. The highest BCUT2D eigenvalue weighted by Crippen LogP contribution is 2.09. The van der Waals surface area contributed by atoms with Gasteiger partial charge in [0.2, 0.25) is 0 Å². The Morgan fingerprint density at radius 1 is 1.53 bits per heavy atom. The van der Waals surface area contributed by atoms with Crippen molar-refractivity contribution in [2.75, 3.05) is 11.9 Å². The van der Waals surface area contributed by atoms with E-state index < -0.39 is 12.5 Å². The van der Waals surface area contributed by atoms with Gasteiger partial charge in [0.1, 0.15) is 17.7 Å². The molecule has 0 radical (unpaired) electrons. The fourth-order valence-electron chi connectivity index (χ4n) is 1.14. The van der Waals surface area contributed by atoms with Crippen LogP contribution in [-0.4, -0.2) is 34.1 Å². The summed E-state index contributed by atoms with van der Waals surface area (Å²) < 4.78 is 24.1. The molecule has 0 saturated heterocycles. The van der Waals surface area contributed by atoms with Crippen molar-refractivity contribution in [2.24, 2.45) is 0 Å². The van der Waals surface area contributed by atoms with E-state index in [4.69, 9.17) is 5.11 Å². The third-order valence-electron chi connectivity index (χ3n) is 2.09. The molecule has 0 bridgehead atoms. The Morgan fingerprint density at radius 2 is 2.18 bits per heavy atom. The van der Waals surface area contributed by atoms with Crippen molar-refractivity contribution in [2.45, 2.75) is 32.3 Å². The molecule has 0 aliphatic carbocycles. The second-order valence-corrected chi connectivity index (χ2v) is 3.95. The molecule has 7 heteroatoms. The van der Waals surface area contributed by atoms with Gasteiger partial charge in [0, 0.05) is 18.5 Å². The minimum atomic E-state index is -2.82. The molecule has 0 saturated carbocycles. The Labute approximate surface area is 96.9 Å². The molecule has 5 nitrogen and oxygen atoms in total. The van der Waals surface area contributed by atoms with Crippen LogP contribution in [-0.2, 0) is 0 Å². The van der Waals surface area contributed by atoms with E-state index in [-0.39, 0.29) is 23.8 Å². The third kappa shape index (κ3) is 4.10. The number of halogens is 2. The van der Waals surface area contributed by atoms with Gasteiger partial charge in [-0.2, -0.15) is 0 Å². The van der Waals surface area contributed by atoms with Gasteiger partial charge in [-0.25, -0.2) is 13.8 Å². The summed E-state index contributed by atoms with van der Waals surface area (Å²) in [5.74, 6) is 0.660. The van der Waals surface area contributed by atoms with Crippen molar-refractivity contribution >= 4 is 5.82 Å². The number of aliphatic hydroxyl groups excluding tert-OH is 1. The highest BCUT2D eigenvalue weighted by molar-refractivity contribution is 5.33. The fourth-order valence-corrected chi connectivity index (χ4v) is 1.14. The van der Waals surface area contributed by atoms with Gasteiger partial charge in [-0.3, -0.25) is 4.79 Å². The molecular formula is C10H15F2N3O2. The molecule has 0 aliphatic heterocycles. The Bertz CT molecular complexity index is 420. The summed E-state index contributed by atoms with van der Waals surface area (Å²) in [4.78, 5) is 17.8. The molecule has 1 aromatic rings. The molecule has 0 amide bonds. The van der Waals surface area contributed by atoms with Crippen molar-refractivity contribution in [1.82, 2.24) is 9.97 Å². The molecule has 1 rings (SSSR count). The largest absolute Gasteiger partial charge is 0.385 e. The molecule has 96 valence electrons. The number of aromatic amines is 1. The number of hydrogen-bond acceptors (Lipinski definition) is 4. The lowest BCUT2D eigenvalue weighted by molar-refractivity contribution is 0.00380. The van der Waals surface area contributed by atoms with E-state index in [1.165, 1.54) is 0 Å². The molecule has 0 fully saturated rings. The van der Waals surface area contributed by atoms with E-state index in [0.717, 1.165) is 6.07 Å². The number of H-pyrrole nitrogens is 1. The molecule has 3 N–H and O–H groups in total. The van der Waals surface area contributed by atoms with Crippen molar-refractivity contribution in [3.05, 3.63) is 22.2 Å². The van der Waals surface area contributed by atoms with Crippen LogP contribution in [0.2, 0.25) is 0 Å². The van der Waals surface area contributed by atoms with Crippen LogP contribution in [0.5, 0.6) is 0 Å². The number of aromatic nitrogens is 2. The first-order valence-corrected chi connectivity index (χ1v) is 5.21. The van der Waals surface area contributed by atoms with Crippen LogP contribution in [0.1, 0.15) is 25.6 Å². The summed E-state index contributed by atoms with van der Waals surface area (Å²) in [5, 5.41) is 11.4. The van der Waals surface area contributed by atoms with Crippen LogP contribution < -0.4 is 10.9 Å². The van der Waals surface area contributed by atoms with Gasteiger partial charge >= 0.3 is 0 Å². The number of alkyl halides is 2. The minimum absolute atomic E-state index is 0.0180. The number of hydrogen-bond donors (Lipinski definition) is 3. The maximum absolute atomic E-state index is 12.0. The first kappa shape index (κ1) is 13.6. The van der Waals surface area contributed by atoms with Crippen molar-refractivity contribution in [3.8, 4) is 0 Å². The lowest BCUT2D eigenvalue weighted by Gasteiger charge is -2.12. The van der Waals surface area contributed by atoms with Crippen molar-refractivity contribution < 1.29 is 13.9 Å². The van der Waals surface area contributed by atoms with E-state index in [1.54, 1.807) is 0 Å². The number of aliphatic hydroxyl groups is 1. The van der Waals surface area contributed by atoms with Crippen LogP contribution in [0.4, 0.5) is 14.6 Å². The number of anilines is 1. The van der Waals surface area contributed by atoms with Crippen molar-refractivity contribution in [1.29, 1.82) is 0 Å². The normalized spacial score (nSPS) is 13.1. The standard InChI is InChI=1S/C10H15F2N3O2/c1-5(2)10-14-7(3-8(17)15-10)13-4-6(16)9(11)12/h3,5-6,9,16H,4H2,1-2H3,(H2,13,14,15,17). The Hall–Kier alpha value is -1.50. The third-order valence-corrected chi connectivity index (χ3v) is 2.09. The lowest BCUT2D eigenvalue weighted by Crippen LogP contribution is -2.27. The van der Waals surface area contributed by atoms with E-state index >= 15 is 0 Å². The van der Waals surface area contributed by atoms with Gasteiger partial charge in [-0.05, 0) is 0 Å². The maximum atomic E-state index is 12.0. The van der Waals surface area contributed by atoms with Gasteiger partial charge in [-0.15, -0.1) is 0 Å². The SMILES string of the molecule is CC(C)c1nc(NCC(O)C(F)F)cc(=O)[nH]1. The van der Waals surface area contributed by atoms with Crippen LogP contribution in [0.15, 0.2) is 10.9 Å². The second kappa shape index (κ2) is 5.72. The van der Waals surface area contributed by atoms with Crippen LogP contribution >= 0.6 is 0 Å². The predicted octanol–water partition coefficient (Wildman–Crippen LogP) is 0.931. The van der Waals surface area contributed by atoms with Gasteiger partial charge in [-0.1, -0.05) is 13.8 Å². The smallest absolute Gasteiger partial charge is 0.265 e. The molecule has 1 unspecified atom stereocenters. The molecule has 1 atom stereocenters. The van der Waals surface area contributed by atoms with Gasteiger partial charge < -0.3 is 15.4 Å². The predicted molar refractivity (Wildman–Crippen MR) is 59.4 cm³/mol. The number of nitrogens with one attached hydrogen (secondary N) is 2. The topological polar surface area (TPSA) is 78.0 Å². The van der Waals surface area contributed by atoms with E-state index in [9.17, 15) is 13.6 Å². The summed E-state index contributed by atoms with van der Waals surface area (Å²) in [6.07, 6.45) is -4.60. The van der Waals surface area contributed by atoms with Gasteiger partial charge in [0.15, 0.2) is 0 Å². The van der Waals surface area contributed by atoms with Crippen LogP contribution in [0.3, 0.4) is 0 Å². The summed E-state index contributed by atoms with van der Waals surface area (Å²) in [6, 6.07) is 1.16. The van der Waals surface area contributed by atoms with Gasteiger partial charge in [0.25, 0.3) is 12.0 Å². The first-order chi connectivity index (χ1) is 7.90. The zero-order valence-corrected chi connectivity index (χ0v) is 9.58. The highest BCUT2D eigenvalue weighted by Gasteiger charge is 2.16. The molecule has 0 aliphatic rings. The van der Waals surface area contributed by atoms with Gasteiger partial charge in [0.05, 0.1) is 0 Å². The van der Waals surface area contributed by atoms with Crippen molar-refractivity contribution in [3.63, 3.8) is 0 Å². The van der Waals surface area contributed by atoms with Crippen LogP contribution in [0, 0.1) is 0 Å². The first-order valence-electron chi connectivity index (χ1n) is 5.21. The average molecular weight is 247 g/mol. The van der Waals surface area contributed by atoms with E-state index in [2.05, 4.69) is 15.3 Å². The fraction of sp³-hybridized carbons (Fsp3) is 0.600. The number of rotatable bonds is 5. The molecule has 0 spiro atoms. The summed E-state index contributed by atoms with van der Waals surface area (Å²) in [5.41, 5.74) is -0.363. The molecule has 17 heavy (non-hydrogen) atoms. The molecule has 1 aromatic heterocycles. The summed E-state index contributed by atoms with van der Waals surface area (Å²) >= 11 is 0. The van der Waals surface area contributed by atoms with Crippen LogP contribution in [0.25, 0.3) is 0 Å². The highest BCUT2D eigenvalue weighted by atomic mass is 19.3. The summed E-state index contributed by atoms with van der Waals surface area (Å²) in [6.45, 7) is 3.33. The zero-order chi connectivity index (χ0) is 13.0.